The van der Waals surface area contributed by atoms with Crippen molar-refractivity contribution in [2.45, 2.75) is 25.7 Å². The highest BCUT2D eigenvalue weighted by Gasteiger charge is 2.21. The highest BCUT2D eigenvalue weighted by atomic mass is 16.5. The van der Waals surface area contributed by atoms with Crippen LogP contribution in [-0.4, -0.2) is 59.4 Å². The van der Waals surface area contributed by atoms with Gasteiger partial charge in [-0.1, -0.05) is 18.2 Å². The van der Waals surface area contributed by atoms with Crippen molar-refractivity contribution in [2.75, 3.05) is 32.8 Å². The Balaban J connectivity index is 1.38. The maximum atomic E-state index is 12.5. The fourth-order valence-electron chi connectivity index (χ4n) is 3.26. The molecule has 0 spiro atoms. The van der Waals surface area contributed by atoms with Crippen LogP contribution in [-0.2, 0) is 16.0 Å². The van der Waals surface area contributed by atoms with Crippen LogP contribution >= 0.6 is 0 Å². The molecule has 0 atom stereocenters. The van der Waals surface area contributed by atoms with Gasteiger partial charge in [0.2, 0.25) is 11.8 Å². The van der Waals surface area contributed by atoms with Crippen LogP contribution in [0.3, 0.4) is 0 Å². The van der Waals surface area contributed by atoms with Crippen LogP contribution in [0, 0.1) is 0 Å². The minimum atomic E-state index is 0.125. The number of para-hydroxylation sites is 1. The molecule has 1 aromatic heterocycles. The monoisotopic (exact) mass is 369 g/mol. The summed E-state index contributed by atoms with van der Waals surface area (Å²) in [6.45, 7) is 3.17. The molecule has 1 saturated heterocycles. The number of carbonyl (C=O) groups is 2. The second-order valence-electron chi connectivity index (χ2n) is 6.78. The number of nitrogens with one attached hydrogen (secondary N) is 1. The zero-order valence-corrected chi connectivity index (χ0v) is 15.6. The number of benzene rings is 1. The molecular weight excluding hydrogens is 342 g/mol. The first-order valence-electron chi connectivity index (χ1n) is 9.57. The number of amides is 2. The van der Waals surface area contributed by atoms with E-state index in [4.69, 9.17) is 4.74 Å². The average molecular weight is 369 g/mol. The molecule has 1 aliphatic rings. The molecule has 0 radical (unpaired) electrons. The number of nitrogens with zero attached hydrogens (tertiary/aromatic N) is 2. The lowest BCUT2D eigenvalue weighted by Gasteiger charge is -2.22. The van der Waals surface area contributed by atoms with Gasteiger partial charge in [0.25, 0.3) is 0 Å². The molecule has 2 aromatic rings. The molecule has 0 unspecified atom stereocenters. The van der Waals surface area contributed by atoms with Crippen LogP contribution in [0.4, 0.5) is 0 Å². The second-order valence-corrected chi connectivity index (χ2v) is 6.78. The summed E-state index contributed by atoms with van der Waals surface area (Å²) >= 11 is 0. The van der Waals surface area contributed by atoms with Crippen molar-refractivity contribution in [1.29, 1.82) is 0 Å². The maximum absolute atomic E-state index is 12.5. The molecule has 6 nitrogen and oxygen atoms in total. The Morgan fingerprint density at radius 1 is 0.963 bits per heavy atom. The predicted octanol–water partition coefficient (Wildman–Crippen LogP) is 2.48. The number of rotatable bonds is 7. The van der Waals surface area contributed by atoms with Crippen LogP contribution in [0.1, 0.15) is 24.8 Å². The SMILES string of the molecule is O=C(CCCOc1ccccc1)N1CCCN(C(=O)Cc2cc[nH]c2)CC1. The van der Waals surface area contributed by atoms with E-state index in [9.17, 15) is 9.59 Å². The van der Waals surface area contributed by atoms with Gasteiger partial charge in [-0.05, 0) is 36.6 Å². The van der Waals surface area contributed by atoms with Crippen molar-refractivity contribution >= 4 is 11.8 Å². The van der Waals surface area contributed by atoms with E-state index >= 15 is 0 Å². The van der Waals surface area contributed by atoms with E-state index in [2.05, 4.69) is 4.98 Å². The fraction of sp³-hybridized carbons (Fsp3) is 0.429. The molecule has 6 heteroatoms. The van der Waals surface area contributed by atoms with Crippen molar-refractivity contribution in [3.8, 4) is 5.75 Å². The summed E-state index contributed by atoms with van der Waals surface area (Å²) in [5, 5.41) is 0. The fourth-order valence-corrected chi connectivity index (χ4v) is 3.26. The number of hydrogen-bond acceptors (Lipinski definition) is 3. The van der Waals surface area contributed by atoms with E-state index in [1.165, 1.54) is 0 Å². The van der Waals surface area contributed by atoms with Gasteiger partial charge in [-0.15, -0.1) is 0 Å². The first-order valence-corrected chi connectivity index (χ1v) is 9.57. The normalized spacial score (nSPS) is 14.7. The molecule has 0 aliphatic carbocycles. The summed E-state index contributed by atoms with van der Waals surface area (Å²) < 4.78 is 5.64. The molecule has 1 N–H and O–H groups in total. The number of H-pyrrole nitrogens is 1. The first-order chi connectivity index (χ1) is 13.2. The molecular formula is C21H27N3O3. The van der Waals surface area contributed by atoms with Gasteiger partial charge in [0.1, 0.15) is 5.75 Å². The highest BCUT2D eigenvalue weighted by Crippen LogP contribution is 2.11. The molecule has 1 fully saturated rings. The summed E-state index contributed by atoms with van der Waals surface area (Å²) in [6, 6.07) is 11.6. The number of aromatic amines is 1. The van der Waals surface area contributed by atoms with Crippen LogP contribution in [0.5, 0.6) is 5.75 Å². The summed E-state index contributed by atoms with van der Waals surface area (Å²) in [5.74, 6) is 1.10. The Morgan fingerprint density at radius 3 is 2.41 bits per heavy atom. The summed E-state index contributed by atoms with van der Waals surface area (Å²) in [6.07, 6.45) is 6.08. The molecule has 1 aromatic carbocycles. The molecule has 0 bridgehead atoms. The van der Waals surface area contributed by atoms with Gasteiger partial charge in [0.05, 0.1) is 13.0 Å². The number of aromatic nitrogens is 1. The van der Waals surface area contributed by atoms with Crippen molar-refractivity contribution in [3.63, 3.8) is 0 Å². The molecule has 27 heavy (non-hydrogen) atoms. The van der Waals surface area contributed by atoms with Crippen molar-refractivity contribution in [3.05, 3.63) is 54.4 Å². The van der Waals surface area contributed by atoms with Crippen LogP contribution in [0.15, 0.2) is 48.8 Å². The Morgan fingerprint density at radius 2 is 1.70 bits per heavy atom. The lowest BCUT2D eigenvalue weighted by molar-refractivity contribution is -0.133. The highest BCUT2D eigenvalue weighted by molar-refractivity contribution is 5.79. The van der Waals surface area contributed by atoms with Crippen molar-refractivity contribution in [1.82, 2.24) is 14.8 Å². The van der Waals surface area contributed by atoms with Gasteiger partial charge in [-0.25, -0.2) is 0 Å². The molecule has 0 saturated carbocycles. The maximum Gasteiger partial charge on any atom is 0.227 e. The summed E-state index contributed by atoms with van der Waals surface area (Å²) in [7, 11) is 0. The third-order valence-electron chi connectivity index (χ3n) is 4.77. The van der Waals surface area contributed by atoms with Gasteiger partial charge < -0.3 is 19.5 Å². The zero-order valence-electron chi connectivity index (χ0n) is 15.6. The Bertz CT molecular complexity index is 716. The molecule has 144 valence electrons. The van der Waals surface area contributed by atoms with E-state index in [0.717, 1.165) is 17.7 Å². The van der Waals surface area contributed by atoms with Gasteiger partial charge in [0.15, 0.2) is 0 Å². The number of hydrogen-bond donors (Lipinski definition) is 1. The number of carbonyl (C=O) groups excluding carboxylic acids is 2. The first kappa shape index (κ1) is 19.0. The lowest BCUT2D eigenvalue weighted by atomic mass is 10.2. The smallest absolute Gasteiger partial charge is 0.227 e. The Kier molecular flexibility index (Phi) is 6.90. The van der Waals surface area contributed by atoms with E-state index in [-0.39, 0.29) is 11.8 Å². The van der Waals surface area contributed by atoms with Gasteiger partial charge >= 0.3 is 0 Å². The standard InChI is InChI=1S/C21H27N3O3/c25-20(8-4-15-27-19-6-2-1-3-7-19)23-11-5-12-24(14-13-23)21(26)16-18-9-10-22-17-18/h1-3,6-7,9-10,17,22H,4-5,8,11-16H2. The van der Waals surface area contributed by atoms with Crippen LogP contribution < -0.4 is 4.74 Å². The summed E-state index contributed by atoms with van der Waals surface area (Å²) in [4.78, 5) is 31.6. The van der Waals surface area contributed by atoms with Crippen molar-refractivity contribution < 1.29 is 14.3 Å². The largest absolute Gasteiger partial charge is 0.494 e. The second kappa shape index (κ2) is 9.80. The molecule has 2 amide bonds. The Labute approximate surface area is 160 Å². The summed E-state index contributed by atoms with van der Waals surface area (Å²) in [5.41, 5.74) is 0.996. The van der Waals surface area contributed by atoms with Crippen LogP contribution in [0.25, 0.3) is 0 Å². The molecule has 1 aliphatic heterocycles. The van der Waals surface area contributed by atoms with E-state index in [1.54, 1.807) is 0 Å². The lowest BCUT2D eigenvalue weighted by Crippen LogP contribution is -2.38. The van der Waals surface area contributed by atoms with Crippen molar-refractivity contribution in [2.24, 2.45) is 0 Å². The predicted molar refractivity (Wildman–Crippen MR) is 103 cm³/mol. The average Bonchev–Trinajstić information content (AvgIpc) is 3.07. The minimum Gasteiger partial charge on any atom is -0.494 e. The van der Waals surface area contributed by atoms with Crippen LogP contribution in [0.2, 0.25) is 0 Å². The number of ether oxygens (including phenoxy) is 1. The third kappa shape index (κ3) is 5.88. The quantitative estimate of drug-likeness (QED) is 0.763. The van der Waals surface area contributed by atoms with Gasteiger partial charge in [0, 0.05) is 45.0 Å². The van der Waals surface area contributed by atoms with Gasteiger partial charge in [-0.3, -0.25) is 9.59 Å². The van der Waals surface area contributed by atoms with Gasteiger partial charge in [-0.2, -0.15) is 0 Å². The third-order valence-corrected chi connectivity index (χ3v) is 4.77. The van der Waals surface area contributed by atoms with E-state index < -0.39 is 0 Å². The topological polar surface area (TPSA) is 65.6 Å². The molecule has 2 heterocycles. The molecule has 3 rings (SSSR count). The minimum absolute atomic E-state index is 0.125. The van der Waals surface area contributed by atoms with E-state index in [0.29, 0.717) is 52.0 Å². The Hall–Kier alpha value is -2.76. The van der Waals surface area contributed by atoms with E-state index in [1.807, 2.05) is 58.6 Å². The zero-order chi connectivity index (χ0) is 18.9.